The van der Waals surface area contributed by atoms with Crippen molar-refractivity contribution in [2.75, 3.05) is 6.61 Å². The summed E-state index contributed by atoms with van der Waals surface area (Å²) in [5, 5.41) is 17.6. The number of hydrogen-bond acceptors (Lipinski definition) is 4. The van der Waals surface area contributed by atoms with Gasteiger partial charge < -0.3 is 14.9 Å². The lowest BCUT2D eigenvalue weighted by molar-refractivity contribution is -0.158. The fraction of sp³-hybridized carbons (Fsp3) is 0.700. The Morgan fingerprint density at radius 2 is 2.20 bits per heavy atom. The minimum absolute atomic E-state index is 0.302. The highest BCUT2D eigenvalue weighted by molar-refractivity contribution is 6.16. The van der Waals surface area contributed by atoms with Gasteiger partial charge in [0.1, 0.15) is 11.3 Å². The molecule has 4 nitrogen and oxygen atoms in total. The van der Waals surface area contributed by atoms with E-state index in [4.69, 9.17) is 9.84 Å². The quantitative estimate of drug-likeness (QED) is 0.362. The van der Waals surface area contributed by atoms with Crippen LogP contribution >= 0.6 is 0 Å². The van der Waals surface area contributed by atoms with Crippen LogP contribution in [-0.4, -0.2) is 44.4 Å². The lowest BCUT2D eigenvalue weighted by Gasteiger charge is -2.33. The van der Waals surface area contributed by atoms with E-state index in [1.807, 2.05) is 6.92 Å². The second-order valence-electron chi connectivity index (χ2n) is 3.93. The summed E-state index contributed by atoms with van der Waals surface area (Å²) in [6.45, 7) is 6.58. The molecule has 0 saturated heterocycles. The molecule has 0 aliphatic rings. The summed E-state index contributed by atoms with van der Waals surface area (Å²) in [6.07, 6.45) is 0.330. The van der Waals surface area contributed by atoms with Gasteiger partial charge in [-0.2, -0.15) is 0 Å². The first-order valence-electron chi connectivity index (χ1n) is 5.05. The molecule has 0 aromatic rings. The smallest absolute Gasteiger partial charge is 0.333 e. The van der Waals surface area contributed by atoms with E-state index in [1.165, 1.54) is 0 Å². The zero-order valence-corrected chi connectivity index (χ0v) is 11.6. The van der Waals surface area contributed by atoms with Crippen molar-refractivity contribution in [3.05, 3.63) is 12.2 Å². The second-order valence-corrected chi connectivity index (χ2v) is 5.62. The van der Waals surface area contributed by atoms with E-state index in [1.54, 1.807) is 6.92 Å². The van der Waals surface area contributed by atoms with Crippen molar-refractivity contribution < 1.29 is 19.7 Å². The average Bonchev–Trinajstić information content (AvgIpc) is 2.16. The third-order valence-electron chi connectivity index (χ3n) is 2.30. The Morgan fingerprint density at radius 3 is 2.53 bits per heavy atom. The van der Waals surface area contributed by atoms with Crippen LogP contribution in [-0.2, 0) is 9.53 Å². The zero-order chi connectivity index (χ0) is 12.1. The van der Waals surface area contributed by atoms with Gasteiger partial charge >= 0.3 is 5.97 Å². The fourth-order valence-corrected chi connectivity index (χ4v) is 2.14. The average molecular weight is 232 g/mol. The van der Waals surface area contributed by atoms with Gasteiger partial charge in [0.05, 0.1) is 16.8 Å². The molecule has 88 valence electrons. The molecule has 2 atom stereocenters. The van der Waals surface area contributed by atoms with Crippen LogP contribution in [0.1, 0.15) is 26.7 Å². The number of aliphatic hydroxyl groups is 2. The summed E-state index contributed by atoms with van der Waals surface area (Å²) >= 11 is 0. The number of carbonyl (C=O) groups excluding carboxylic acids is 1. The largest absolute Gasteiger partial charge is 0.458 e. The summed E-state index contributed by atoms with van der Waals surface area (Å²) in [6, 6.07) is 0. The topological polar surface area (TPSA) is 66.8 Å². The highest BCUT2D eigenvalue weighted by Crippen LogP contribution is 2.20. The molecule has 0 aliphatic heterocycles. The molecule has 0 aromatic carbocycles. The van der Waals surface area contributed by atoms with Crippen LogP contribution in [0.2, 0.25) is 0 Å². The summed E-state index contributed by atoms with van der Waals surface area (Å²) in [4.78, 5) is 11.4. The SMILES string of the molecule is C=C(C)C(=O)OC([SiH3])(CCC)C(O)CO. The summed E-state index contributed by atoms with van der Waals surface area (Å²) < 4.78 is 5.21. The molecular weight excluding hydrogens is 212 g/mol. The molecule has 0 saturated carbocycles. The normalized spacial score (nSPS) is 16.8. The number of rotatable bonds is 6. The minimum atomic E-state index is -1.01. The van der Waals surface area contributed by atoms with Crippen LogP contribution in [0.25, 0.3) is 0 Å². The molecule has 0 heterocycles. The van der Waals surface area contributed by atoms with Gasteiger partial charge in [0.2, 0.25) is 0 Å². The van der Waals surface area contributed by atoms with Gasteiger partial charge in [-0.1, -0.05) is 19.9 Å². The zero-order valence-electron chi connectivity index (χ0n) is 9.62. The first-order chi connectivity index (χ1) is 6.87. The van der Waals surface area contributed by atoms with E-state index in [-0.39, 0.29) is 0 Å². The Bertz CT molecular complexity index is 242. The maximum atomic E-state index is 11.4. The van der Waals surface area contributed by atoms with Crippen molar-refractivity contribution in [1.29, 1.82) is 0 Å². The Balaban J connectivity index is 4.64. The fourth-order valence-electron chi connectivity index (χ4n) is 1.27. The van der Waals surface area contributed by atoms with Gasteiger partial charge in [0.15, 0.2) is 0 Å². The van der Waals surface area contributed by atoms with Gasteiger partial charge in [-0.25, -0.2) is 4.79 Å². The molecule has 0 fully saturated rings. The van der Waals surface area contributed by atoms with E-state index in [0.29, 0.717) is 22.2 Å². The van der Waals surface area contributed by atoms with Crippen LogP contribution in [0.5, 0.6) is 0 Å². The predicted molar refractivity (Wildman–Crippen MR) is 61.6 cm³/mol. The van der Waals surface area contributed by atoms with E-state index in [2.05, 4.69) is 6.58 Å². The number of aliphatic hydroxyl groups excluding tert-OH is 2. The summed E-state index contributed by atoms with van der Waals surface area (Å²) in [5.74, 6) is -0.508. The van der Waals surface area contributed by atoms with Crippen molar-refractivity contribution in [3.63, 3.8) is 0 Å². The highest BCUT2D eigenvalue weighted by atomic mass is 28.1. The minimum Gasteiger partial charge on any atom is -0.458 e. The molecule has 0 radical (unpaired) electrons. The Hall–Kier alpha value is -0.653. The molecule has 5 heteroatoms. The highest BCUT2D eigenvalue weighted by Gasteiger charge is 2.35. The van der Waals surface area contributed by atoms with Crippen molar-refractivity contribution >= 4 is 16.2 Å². The Labute approximate surface area is 93.4 Å². The third kappa shape index (κ3) is 4.15. The first kappa shape index (κ1) is 14.3. The van der Waals surface area contributed by atoms with E-state index in [0.717, 1.165) is 6.42 Å². The van der Waals surface area contributed by atoms with Gasteiger partial charge in [-0.05, 0) is 13.3 Å². The molecular formula is C10H20O4Si. The molecule has 0 aliphatic carbocycles. The lowest BCUT2D eigenvalue weighted by Crippen LogP contribution is -2.49. The van der Waals surface area contributed by atoms with Crippen molar-refractivity contribution in [1.82, 2.24) is 0 Å². The molecule has 2 unspecified atom stereocenters. The number of hydrogen-bond donors (Lipinski definition) is 2. The van der Waals surface area contributed by atoms with Crippen LogP contribution in [0, 0.1) is 0 Å². The van der Waals surface area contributed by atoms with Crippen LogP contribution in [0.15, 0.2) is 12.2 Å². The number of carbonyl (C=O) groups is 1. The van der Waals surface area contributed by atoms with Crippen LogP contribution < -0.4 is 0 Å². The van der Waals surface area contributed by atoms with Crippen LogP contribution in [0.3, 0.4) is 0 Å². The third-order valence-corrected chi connectivity index (χ3v) is 3.67. The molecule has 0 aromatic heterocycles. The molecule has 0 bridgehead atoms. The second kappa shape index (κ2) is 6.04. The molecule has 0 spiro atoms. The van der Waals surface area contributed by atoms with Gasteiger partial charge in [-0.15, -0.1) is 0 Å². The molecule has 0 amide bonds. The maximum absolute atomic E-state index is 11.4. The summed E-state index contributed by atoms with van der Waals surface area (Å²) in [5.41, 5.74) is 0.302. The summed E-state index contributed by atoms with van der Waals surface area (Å²) in [7, 11) is 0.471. The molecule has 0 rings (SSSR count). The maximum Gasteiger partial charge on any atom is 0.333 e. The first-order valence-corrected chi connectivity index (χ1v) is 6.05. The van der Waals surface area contributed by atoms with E-state index >= 15 is 0 Å². The lowest BCUT2D eigenvalue weighted by atomic mass is 10.1. The number of ether oxygens (including phenoxy) is 1. The molecule has 15 heavy (non-hydrogen) atoms. The van der Waals surface area contributed by atoms with Crippen molar-refractivity contribution in [2.45, 2.75) is 38.0 Å². The Morgan fingerprint density at radius 1 is 1.67 bits per heavy atom. The number of esters is 1. The van der Waals surface area contributed by atoms with Gasteiger partial charge in [0.25, 0.3) is 0 Å². The van der Waals surface area contributed by atoms with E-state index in [9.17, 15) is 9.90 Å². The van der Waals surface area contributed by atoms with Crippen molar-refractivity contribution in [2.24, 2.45) is 0 Å². The van der Waals surface area contributed by atoms with Gasteiger partial charge in [0, 0.05) is 5.57 Å². The van der Waals surface area contributed by atoms with E-state index < -0.39 is 23.9 Å². The van der Waals surface area contributed by atoms with Crippen molar-refractivity contribution in [3.8, 4) is 0 Å². The van der Waals surface area contributed by atoms with Crippen LogP contribution in [0.4, 0.5) is 0 Å². The predicted octanol–water partition coefficient (Wildman–Crippen LogP) is -0.679. The van der Waals surface area contributed by atoms with Gasteiger partial charge in [-0.3, -0.25) is 0 Å². The monoisotopic (exact) mass is 232 g/mol. The molecule has 2 N–H and O–H groups in total. The Kier molecular flexibility index (Phi) is 5.78. The standard InChI is InChI=1S/C10H20O4Si/c1-4-5-10(15,8(12)6-11)14-9(13)7(2)3/h8,11-12H,2,4-6H2,1,3,15H3.